The molecule has 2 aliphatic rings. The molecule has 3 heterocycles. The number of aryl methyl sites for hydroxylation is 1. The Bertz CT molecular complexity index is 909. The number of aromatic nitrogens is 1. The van der Waals surface area contributed by atoms with Gasteiger partial charge in [0.2, 0.25) is 17.7 Å². The van der Waals surface area contributed by atoms with Crippen LogP contribution >= 0.6 is 0 Å². The topological polar surface area (TPSA) is 112 Å². The molecular weight excluding hydrogens is 436 g/mol. The van der Waals surface area contributed by atoms with Crippen LogP contribution in [0, 0.1) is 19.8 Å². The summed E-state index contributed by atoms with van der Waals surface area (Å²) in [5.41, 5.74) is 3.12. The van der Waals surface area contributed by atoms with Gasteiger partial charge in [0.05, 0.1) is 12.5 Å². The van der Waals surface area contributed by atoms with Crippen LogP contribution in [-0.4, -0.2) is 77.8 Å². The summed E-state index contributed by atoms with van der Waals surface area (Å²) in [6.45, 7) is 9.00. The molecule has 0 radical (unpaired) electrons. The fourth-order valence-electron chi connectivity index (χ4n) is 4.95. The second-order valence-corrected chi connectivity index (χ2v) is 9.26. The van der Waals surface area contributed by atoms with E-state index in [1.165, 1.54) is 0 Å². The third-order valence-electron chi connectivity index (χ3n) is 6.88. The fourth-order valence-corrected chi connectivity index (χ4v) is 4.95. The highest BCUT2D eigenvalue weighted by molar-refractivity contribution is 5.90. The van der Waals surface area contributed by atoms with Crippen molar-refractivity contribution in [1.82, 2.24) is 20.1 Å². The zero-order chi connectivity index (χ0) is 24.7. The van der Waals surface area contributed by atoms with E-state index in [0.29, 0.717) is 57.7 Å². The number of carbonyl (C=O) groups excluding carboxylic acids is 4. The summed E-state index contributed by atoms with van der Waals surface area (Å²) in [7, 11) is 0. The molecule has 0 spiro atoms. The molecule has 2 fully saturated rings. The SMILES string of the molecule is CCOC(=O)c1[nH]c(C)c(CCC(=O)N2CCC[C@H](C(=O)NCCCN3CCCC3=O)C2)c1C. The normalized spacial score (nSPS) is 18.3. The summed E-state index contributed by atoms with van der Waals surface area (Å²) in [5, 5.41) is 2.98. The van der Waals surface area contributed by atoms with E-state index in [1.54, 1.807) is 11.8 Å². The van der Waals surface area contributed by atoms with E-state index < -0.39 is 0 Å². The minimum atomic E-state index is -0.377. The lowest BCUT2D eigenvalue weighted by Crippen LogP contribution is -2.45. The van der Waals surface area contributed by atoms with E-state index in [9.17, 15) is 19.2 Å². The Labute approximate surface area is 201 Å². The van der Waals surface area contributed by atoms with Crippen molar-refractivity contribution in [3.8, 4) is 0 Å². The number of piperidine rings is 1. The Hall–Kier alpha value is -2.84. The minimum Gasteiger partial charge on any atom is -0.461 e. The van der Waals surface area contributed by atoms with E-state index in [2.05, 4.69) is 10.3 Å². The molecule has 1 aromatic rings. The van der Waals surface area contributed by atoms with Gasteiger partial charge in [0.15, 0.2) is 0 Å². The Morgan fingerprint density at radius 3 is 2.68 bits per heavy atom. The molecule has 1 aromatic heterocycles. The molecule has 0 aromatic carbocycles. The van der Waals surface area contributed by atoms with E-state index in [1.807, 2.05) is 18.7 Å². The van der Waals surface area contributed by atoms with Gasteiger partial charge in [-0.1, -0.05) is 0 Å². The van der Waals surface area contributed by atoms with Crippen molar-refractivity contribution in [3.05, 3.63) is 22.5 Å². The third-order valence-corrected chi connectivity index (χ3v) is 6.88. The van der Waals surface area contributed by atoms with Crippen LogP contribution < -0.4 is 5.32 Å². The van der Waals surface area contributed by atoms with Gasteiger partial charge >= 0.3 is 5.97 Å². The number of likely N-dealkylation sites (tertiary alicyclic amines) is 2. The number of aromatic amines is 1. The third kappa shape index (κ3) is 6.39. The Morgan fingerprint density at radius 2 is 1.97 bits per heavy atom. The number of nitrogens with zero attached hydrogens (tertiary/aromatic N) is 2. The molecular formula is C25H38N4O5. The Morgan fingerprint density at radius 1 is 1.18 bits per heavy atom. The van der Waals surface area contributed by atoms with Crippen molar-refractivity contribution in [2.45, 2.75) is 65.7 Å². The highest BCUT2D eigenvalue weighted by Crippen LogP contribution is 2.22. The van der Waals surface area contributed by atoms with Crippen molar-refractivity contribution in [3.63, 3.8) is 0 Å². The second kappa shape index (κ2) is 12.0. The standard InChI is InChI=1S/C25H38N4O5/c1-4-34-25(33)23-17(2)20(18(3)27-23)10-11-22(31)29-14-5-8-19(16-29)24(32)26-12-7-15-28-13-6-9-21(28)30/h19,27H,4-16H2,1-3H3,(H,26,32)/t19-/m0/s1. The number of esters is 1. The zero-order valence-electron chi connectivity index (χ0n) is 20.7. The summed E-state index contributed by atoms with van der Waals surface area (Å²) in [5.74, 6) is -0.353. The molecule has 3 amide bonds. The van der Waals surface area contributed by atoms with Gasteiger partial charge in [-0.15, -0.1) is 0 Å². The lowest BCUT2D eigenvalue weighted by Gasteiger charge is -2.32. The van der Waals surface area contributed by atoms with Crippen LogP contribution in [0.15, 0.2) is 0 Å². The molecule has 0 bridgehead atoms. The molecule has 2 aliphatic heterocycles. The second-order valence-electron chi connectivity index (χ2n) is 9.26. The van der Waals surface area contributed by atoms with Gasteiger partial charge in [-0.05, 0) is 64.0 Å². The van der Waals surface area contributed by atoms with E-state index in [-0.39, 0.29) is 29.6 Å². The van der Waals surface area contributed by atoms with Crippen molar-refractivity contribution in [2.75, 3.05) is 39.3 Å². The monoisotopic (exact) mass is 474 g/mol. The Kier molecular flexibility index (Phi) is 9.12. The summed E-state index contributed by atoms with van der Waals surface area (Å²) in [4.78, 5) is 56.1. The summed E-state index contributed by atoms with van der Waals surface area (Å²) in [6, 6.07) is 0. The molecule has 0 saturated carbocycles. The average molecular weight is 475 g/mol. The van der Waals surface area contributed by atoms with E-state index in [4.69, 9.17) is 4.74 Å². The molecule has 188 valence electrons. The van der Waals surface area contributed by atoms with Crippen LogP contribution in [0.1, 0.15) is 72.8 Å². The quantitative estimate of drug-likeness (QED) is 0.398. The first-order chi connectivity index (χ1) is 16.3. The maximum absolute atomic E-state index is 12.9. The van der Waals surface area contributed by atoms with Gasteiger partial charge in [-0.3, -0.25) is 14.4 Å². The first kappa shape index (κ1) is 25.8. The maximum Gasteiger partial charge on any atom is 0.355 e. The molecule has 3 rings (SSSR count). The predicted octanol–water partition coefficient (Wildman–Crippen LogP) is 2.11. The number of ether oxygens (including phenoxy) is 1. The van der Waals surface area contributed by atoms with Gasteiger partial charge in [0, 0.05) is 51.3 Å². The molecule has 0 unspecified atom stereocenters. The van der Waals surface area contributed by atoms with E-state index in [0.717, 1.165) is 49.0 Å². The van der Waals surface area contributed by atoms with Crippen molar-refractivity contribution < 1.29 is 23.9 Å². The number of nitrogens with one attached hydrogen (secondary N) is 2. The summed E-state index contributed by atoms with van der Waals surface area (Å²) >= 11 is 0. The summed E-state index contributed by atoms with van der Waals surface area (Å²) in [6.07, 6.45) is 4.76. The van der Waals surface area contributed by atoms with Gasteiger partial charge < -0.3 is 24.8 Å². The van der Waals surface area contributed by atoms with Crippen LogP contribution in [0.4, 0.5) is 0 Å². The van der Waals surface area contributed by atoms with Crippen molar-refractivity contribution >= 4 is 23.7 Å². The summed E-state index contributed by atoms with van der Waals surface area (Å²) < 4.78 is 5.10. The van der Waals surface area contributed by atoms with E-state index >= 15 is 0 Å². The molecule has 9 heteroatoms. The van der Waals surface area contributed by atoms with Gasteiger partial charge in [0.1, 0.15) is 5.69 Å². The smallest absolute Gasteiger partial charge is 0.355 e. The van der Waals surface area contributed by atoms with Crippen LogP contribution in [0.5, 0.6) is 0 Å². The Balaban J connectivity index is 1.44. The number of rotatable bonds is 10. The van der Waals surface area contributed by atoms with Crippen LogP contribution in [0.25, 0.3) is 0 Å². The highest BCUT2D eigenvalue weighted by Gasteiger charge is 2.29. The first-order valence-corrected chi connectivity index (χ1v) is 12.5. The van der Waals surface area contributed by atoms with Crippen LogP contribution in [0.2, 0.25) is 0 Å². The number of hydrogen-bond donors (Lipinski definition) is 2. The largest absolute Gasteiger partial charge is 0.461 e. The number of H-pyrrole nitrogens is 1. The van der Waals surface area contributed by atoms with Gasteiger partial charge in [-0.25, -0.2) is 4.79 Å². The molecule has 34 heavy (non-hydrogen) atoms. The first-order valence-electron chi connectivity index (χ1n) is 12.5. The molecule has 0 aliphatic carbocycles. The van der Waals surface area contributed by atoms with Gasteiger partial charge in [0.25, 0.3) is 0 Å². The van der Waals surface area contributed by atoms with Gasteiger partial charge in [-0.2, -0.15) is 0 Å². The lowest BCUT2D eigenvalue weighted by molar-refractivity contribution is -0.135. The average Bonchev–Trinajstić information content (AvgIpc) is 3.36. The highest BCUT2D eigenvalue weighted by atomic mass is 16.5. The molecule has 1 atom stereocenters. The zero-order valence-corrected chi connectivity index (χ0v) is 20.7. The molecule has 2 N–H and O–H groups in total. The minimum absolute atomic E-state index is 0.0124. The van der Waals surface area contributed by atoms with Crippen molar-refractivity contribution in [2.24, 2.45) is 5.92 Å². The number of hydrogen-bond acceptors (Lipinski definition) is 5. The van der Waals surface area contributed by atoms with Crippen molar-refractivity contribution in [1.29, 1.82) is 0 Å². The van der Waals surface area contributed by atoms with Crippen LogP contribution in [0.3, 0.4) is 0 Å². The molecule has 2 saturated heterocycles. The number of amides is 3. The predicted molar refractivity (Wildman–Crippen MR) is 127 cm³/mol. The number of carbonyl (C=O) groups is 4. The fraction of sp³-hybridized carbons (Fsp3) is 0.680. The van der Waals surface area contributed by atoms with Crippen LogP contribution in [-0.2, 0) is 25.5 Å². The lowest BCUT2D eigenvalue weighted by atomic mass is 9.96. The maximum atomic E-state index is 12.9. The molecule has 9 nitrogen and oxygen atoms in total.